The zero-order valence-corrected chi connectivity index (χ0v) is 27.2. The van der Waals surface area contributed by atoms with Crippen molar-refractivity contribution in [2.75, 3.05) is 31.2 Å². The van der Waals surface area contributed by atoms with Crippen LogP contribution in [0.3, 0.4) is 0 Å². The molecule has 0 amide bonds. The van der Waals surface area contributed by atoms with E-state index in [-0.39, 0.29) is 5.60 Å². The van der Waals surface area contributed by atoms with Gasteiger partial charge in [-0.1, -0.05) is 29.8 Å². The number of anilines is 1. The molecule has 7 rings (SSSR count). The number of hydrogen-bond acceptors (Lipinski definition) is 7. The van der Waals surface area contributed by atoms with Crippen LogP contribution in [0.4, 0.5) is 5.82 Å². The van der Waals surface area contributed by atoms with E-state index in [1.165, 1.54) is 0 Å². The number of carboxylic acid groups (broad SMARTS) is 1. The van der Waals surface area contributed by atoms with E-state index in [9.17, 15) is 9.90 Å². The van der Waals surface area contributed by atoms with Gasteiger partial charge in [0.2, 0.25) is 0 Å². The summed E-state index contributed by atoms with van der Waals surface area (Å²) < 4.78 is 20.8. The lowest BCUT2D eigenvalue weighted by atomic mass is 9.92. The zero-order valence-electron chi connectivity index (χ0n) is 27.2. The molecule has 1 atom stereocenters. The van der Waals surface area contributed by atoms with Gasteiger partial charge in [0, 0.05) is 42.6 Å². The Labute approximate surface area is 265 Å². The third-order valence-electron chi connectivity index (χ3n) is 8.73. The van der Waals surface area contributed by atoms with Crippen molar-refractivity contribution < 1.29 is 24.1 Å². The number of hydrogen-bond donors (Lipinski definition) is 1. The van der Waals surface area contributed by atoms with E-state index in [1.807, 2.05) is 50.4 Å². The van der Waals surface area contributed by atoms with Crippen molar-refractivity contribution in [1.82, 2.24) is 14.6 Å². The Kier molecular flexibility index (Phi) is 8.35. The highest BCUT2D eigenvalue weighted by Crippen LogP contribution is 2.39. The van der Waals surface area contributed by atoms with Gasteiger partial charge >= 0.3 is 5.97 Å². The van der Waals surface area contributed by atoms with E-state index in [2.05, 4.69) is 49.1 Å². The van der Waals surface area contributed by atoms with Gasteiger partial charge < -0.3 is 24.2 Å². The smallest absolute Gasteiger partial charge is 0.337 e. The maximum absolute atomic E-state index is 12.8. The minimum Gasteiger partial charge on any atom is -0.493 e. The molecule has 3 aliphatic heterocycles. The quantitative estimate of drug-likeness (QED) is 0.260. The van der Waals surface area contributed by atoms with Crippen molar-refractivity contribution in [1.29, 1.82) is 0 Å². The first-order valence-electron chi connectivity index (χ1n) is 15.9. The highest BCUT2D eigenvalue weighted by atomic mass is 16.5. The van der Waals surface area contributed by atoms with Crippen LogP contribution in [0.1, 0.15) is 76.3 Å². The van der Waals surface area contributed by atoms with Crippen LogP contribution in [-0.4, -0.2) is 63.2 Å². The minimum atomic E-state index is -1.21. The van der Waals surface area contributed by atoms with E-state index >= 15 is 0 Å². The van der Waals surface area contributed by atoms with Crippen LogP contribution in [0, 0.1) is 13.8 Å². The topological polar surface area (TPSA) is 98.4 Å². The Balaban J connectivity index is 1.54. The Bertz CT molecular complexity index is 1710. The van der Waals surface area contributed by atoms with Gasteiger partial charge in [-0.2, -0.15) is 9.61 Å². The van der Waals surface area contributed by atoms with E-state index in [0.717, 1.165) is 59.4 Å². The van der Waals surface area contributed by atoms with Crippen molar-refractivity contribution in [2.24, 2.45) is 0 Å². The van der Waals surface area contributed by atoms with Crippen molar-refractivity contribution in [3.63, 3.8) is 0 Å². The molecule has 45 heavy (non-hydrogen) atoms. The number of fused-ring (bicyclic) bond motifs is 7. The predicted molar refractivity (Wildman–Crippen MR) is 175 cm³/mol. The lowest BCUT2D eigenvalue weighted by Gasteiger charge is -2.41. The molecule has 1 fully saturated rings. The average Bonchev–Trinajstić information content (AvgIpc) is 3.41. The number of carbonyl (C=O) groups is 1. The van der Waals surface area contributed by atoms with Crippen molar-refractivity contribution in [2.45, 2.75) is 84.5 Å². The van der Waals surface area contributed by atoms with Crippen LogP contribution in [-0.2, 0) is 14.3 Å². The standard InChI is InChI=1S/C36H44N4O5/c1-23-12-13-29-27(20-23)25-10-9-11-26(21-25)28-22-30-37-24(2)31(32(34(41)42)45-35(3,4)5)33(40(30)38-28)39-16-14-36(6,15-17-39)44-19-8-7-18-43-29/h9-13,20-22,32H,7-8,14-19H2,1-6H3,(H,41,42). The molecule has 0 radical (unpaired) electrons. The molecule has 6 bridgehead atoms. The third kappa shape index (κ3) is 6.56. The molecule has 1 N–H and O–H groups in total. The second-order valence-electron chi connectivity index (χ2n) is 13.6. The molecule has 238 valence electrons. The number of aliphatic carboxylic acids is 1. The zero-order chi connectivity index (χ0) is 31.9. The molecule has 2 aromatic heterocycles. The molecule has 2 aromatic carbocycles. The fraction of sp³-hybridized carbons (Fsp3) is 0.472. The van der Waals surface area contributed by atoms with Gasteiger partial charge in [-0.3, -0.25) is 0 Å². The van der Waals surface area contributed by atoms with Gasteiger partial charge in [0.15, 0.2) is 11.8 Å². The fourth-order valence-corrected chi connectivity index (χ4v) is 6.34. The van der Waals surface area contributed by atoms with Crippen LogP contribution in [0.5, 0.6) is 5.75 Å². The molecule has 9 heteroatoms. The third-order valence-corrected chi connectivity index (χ3v) is 8.73. The first kappa shape index (κ1) is 31.0. The van der Waals surface area contributed by atoms with Gasteiger partial charge in [-0.25, -0.2) is 9.78 Å². The Morgan fingerprint density at radius 2 is 1.76 bits per heavy atom. The van der Waals surface area contributed by atoms with Gasteiger partial charge in [0.25, 0.3) is 0 Å². The van der Waals surface area contributed by atoms with Gasteiger partial charge in [-0.05, 0) is 91.0 Å². The summed E-state index contributed by atoms with van der Waals surface area (Å²) in [6, 6.07) is 16.6. The fourth-order valence-electron chi connectivity index (χ4n) is 6.34. The molecule has 1 saturated heterocycles. The lowest BCUT2D eigenvalue weighted by Crippen LogP contribution is -2.46. The van der Waals surface area contributed by atoms with E-state index in [1.54, 1.807) is 0 Å². The van der Waals surface area contributed by atoms with E-state index in [0.29, 0.717) is 49.0 Å². The van der Waals surface area contributed by atoms with Crippen LogP contribution >= 0.6 is 0 Å². The van der Waals surface area contributed by atoms with Crippen LogP contribution < -0.4 is 9.64 Å². The summed E-state index contributed by atoms with van der Waals surface area (Å²) >= 11 is 0. The Morgan fingerprint density at radius 3 is 2.49 bits per heavy atom. The first-order valence-corrected chi connectivity index (χ1v) is 15.9. The largest absolute Gasteiger partial charge is 0.493 e. The van der Waals surface area contributed by atoms with Crippen LogP contribution in [0.15, 0.2) is 48.5 Å². The molecule has 3 aliphatic rings. The Hall–Kier alpha value is -3.95. The number of ether oxygens (including phenoxy) is 3. The predicted octanol–water partition coefficient (Wildman–Crippen LogP) is 7.17. The normalized spacial score (nSPS) is 17.7. The molecular weight excluding hydrogens is 568 g/mol. The van der Waals surface area contributed by atoms with Gasteiger partial charge in [0.1, 0.15) is 11.6 Å². The molecule has 0 spiro atoms. The van der Waals surface area contributed by atoms with Gasteiger partial charge in [-0.15, -0.1) is 0 Å². The second kappa shape index (κ2) is 12.1. The summed E-state index contributed by atoms with van der Waals surface area (Å²) in [5.41, 5.74) is 5.77. The SMILES string of the molecule is Cc1ccc2c(c1)-c1cccc(c1)-c1cc3nc(C)c(C(OC(C)(C)C)C(=O)O)c(n3n1)N1CCC(C)(CC1)OCCCCO2. The Morgan fingerprint density at radius 1 is 1.02 bits per heavy atom. The van der Waals surface area contributed by atoms with Gasteiger partial charge in [0.05, 0.1) is 29.1 Å². The van der Waals surface area contributed by atoms with Crippen molar-refractivity contribution in [3.8, 4) is 28.1 Å². The summed E-state index contributed by atoms with van der Waals surface area (Å²) in [4.78, 5) is 19.9. The van der Waals surface area contributed by atoms with Crippen molar-refractivity contribution in [3.05, 3.63) is 65.4 Å². The monoisotopic (exact) mass is 612 g/mol. The summed E-state index contributed by atoms with van der Waals surface area (Å²) in [7, 11) is 0. The van der Waals surface area contributed by atoms with E-state index in [4.69, 9.17) is 24.3 Å². The van der Waals surface area contributed by atoms with Crippen molar-refractivity contribution >= 4 is 17.4 Å². The second-order valence-corrected chi connectivity index (χ2v) is 13.6. The minimum absolute atomic E-state index is 0.270. The molecule has 5 heterocycles. The summed E-state index contributed by atoms with van der Waals surface area (Å²) in [6.45, 7) is 14.4. The number of aryl methyl sites for hydroxylation is 2. The highest BCUT2D eigenvalue weighted by molar-refractivity contribution is 5.80. The molecule has 1 unspecified atom stereocenters. The summed E-state index contributed by atoms with van der Waals surface area (Å²) in [5, 5.41) is 15.5. The number of piperidine rings is 1. The molecule has 0 aliphatic carbocycles. The first-order chi connectivity index (χ1) is 21.4. The van der Waals surface area contributed by atoms with Crippen LogP contribution in [0.25, 0.3) is 28.0 Å². The summed E-state index contributed by atoms with van der Waals surface area (Å²) in [5.74, 6) is 0.515. The number of aromatic nitrogens is 3. The van der Waals surface area contributed by atoms with E-state index < -0.39 is 17.7 Å². The number of benzene rings is 2. The maximum Gasteiger partial charge on any atom is 0.337 e. The maximum atomic E-state index is 12.8. The average molecular weight is 613 g/mol. The summed E-state index contributed by atoms with van der Waals surface area (Å²) in [6.07, 6.45) is 2.19. The lowest BCUT2D eigenvalue weighted by molar-refractivity contribution is -0.160. The number of carboxylic acids is 1. The number of rotatable bonds is 3. The molecule has 0 saturated carbocycles. The number of nitrogens with zero attached hydrogens (tertiary/aromatic N) is 4. The highest BCUT2D eigenvalue weighted by Gasteiger charge is 2.37. The molecule has 9 nitrogen and oxygen atoms in total. The molecule has 4 aromatic rings. The van der Waals surface area contributed by atoms with Crippen LogP contribution in [0.2, 0.25) is 0 Å². The molecular formula is C36H44N4O5.